The quantitative estimate of drug-likeness (QED) is 0.378. The molecule has 0 saturated heterocycles. The van der Waals surface area contributed by atoms with Crippen molar-refractivity contribution >= 4 is 5.96 Å². The topological polar surface area (TPSA) is 90.9 Å². The highest BCUT2D eigenvalue weighted by Gasteiger charge is 2.19. The Kier molecular flexibility index (Phi) is 4.35. The molecule has 0 heterocycles. The first kappa shape index (κ1) is 12.3. The van der Waals surface area contributed by atoms with Crippen LogP contribution in [-0.4, -0.2) is 41.0 Å². The fraction of sp³-hybridized carbons (Fsp3) is 0.900. The van der Waals surface area contributed by atoms with Gasteiger partial charge in [-0.15, -0.1) is 0 Å². The number of nitrogens with zero attached hydrogens (tertiary/aromatic N) is 1. The summed E-state index contributed by atoms with van der Waals surface area (Å²) in [6.45, 7) is 1.33. The van der Waals surface area contributed by atoms with Crippen LogP contribution in [0.4, 0.5) is 0 Å². The van der Waals surface area contributed by atoms with E-state index in [4.69, 9.17) is 10.8 Å². The molecule has 0 aromatic carbocycles. The number of guanidine groups is 1. The van der Waals surface area contributed by atoms with Crippen molar-refractivity contribution < 1.29 is 10.2 Å². The van der Waals surface area contributed by atoms with Crippen molar-refractivity contribution in [2.24, 2.45) is 10.7 Å². The Morgan fingerprint density at radius 3 is 2.67 bits per heavy atom. The predicted octanol–water partition coefficient (Wildman–Crippen LogP) is -0.423. The number of rotatable bonds is 4. The molecule has 0 aromatic heterocycles. The lowest BCUT2D eigenvalue weighted by Gasteiger charge is -2.18. The van der Waals surface area contributed by atoms with Gasteiger partial charge in [0.2, 0.25) is 0 Å². The van der Waals surface area contributed by atoms with Crippen molar-refractivity contribution in [3.8, 4) is 0 Å². The van der Waals surface area contributed by atoms with Crippen molar-refractivity contribution in [3.05, 3.63) is 0 Å². The van der Waals surface area contributed by atoms with Crippen LogP contribution in [0.2, 0.25) is 0 Å². The first-order valence-electron chi connectivity index (χ1n) is 5.43. The maximum Gasteiger partial charge on any atom is 0.188 e. The molecule has 0 radical (unpaired) electrons. The van der Waals surface area contributed by atoms with Crippen molar-refractivity contribution in [2.75, 3.05) is 13.2 Å². The number of aliphatic imine (C=N–C) groups is 1. The average Bonchev–Trinajstić information content (AvgIpc) is 2.68. The molecule has 0 bridgehead atoms. The smallest absolute Gasteiger partial charge is 0.188 e. The van der Waals surface area contributed by atoms with Crippen molar-refractivity contribution in [3.63, 3.8) is 0 Å². The van der Waals surface area contributed by atoms with Gasteiger partial charge >= 0.3 is 0 Å². The van der Waals surface area contributed by atoms with Crippen LogP contribution in [0.25, 0.3) is 0 Å². The summed E-state index contributed by atoms with van der Waals surface area (Å²) in [6.07, 6.45) is 4.73. The van der Waals surface area contributed by atoms with Gasteiger partial charge in [-0.05, 0) is 19.8 Å². The molecule has 0 amide bonds. The van der Waals surface area contributed by atoms with Crippen LogP contribution in [0.3, 0.4) is 0 Å². The SMILES string of the molecule is CC(O)(CO)CN=C(N)NC1CCCC1. The van der Waals surface area contributed by atoms with Crippen LogP contribution in [-0.2, 0) is 0 Å². The molecule has 88 valence electrons. The lowest BCUT2D eigenvalue weighted by Crippen LogP contribution is -2.41. The fourth-order valence-corrected chi connectivity index (χ4v) is 1.63. The van der Waals surface area contributed by atoms with Gasteiger partial charge in [0.05, 0.1) is 13.2 Å². The van der Waals surface area contributed by atoms with Gasteiger partial charge in [-0.3, -0.25) is 4.99 Å². The van der Waals surface area contributed by atoms with E-state index in [1.807, 2.05) is 0 Å². The van der Waals surface area contributed by atoms with Crippen molar-refractivity contribution in [1.82, 2.24) is 5.32 Å². The molecule has 5 nitrogen and oxygen atoms in total. The lowest BCUT2D eigenvalue weighted by molar-refractivity contribution is 0.0101. The Morgan fingerprint density at radius 1 is 1.53 bits per heavy atom. The van der Waals surface area contributed by atoms with E-state index in [1.165, 1.54) is 19.8 Å². The fourth-order valence-electron chi connectivity index (χ4n) is 1.63. The summed E-state index contributed by atoms with van der Waals surface area (Å²) in [5.41, 5.74) is 4.48. The van der Waals surface area contributed by atoms with Gasteiger partial charge in [0.25, 0.3) is 0 Å². The Bertz CT molecular complexity index is 223. The zero-order valence-electron chi connectivity index (χ0n) is 9.24. The van der Waals surface area contributed by atoms with Crippen LogP contribution >= 0.6 is 0 Å². The molecule has 0 spiro atoms. The standard InChI is InChI=1S/C10H21N3O2/c1-10(15,7-14)6-12-9(11)13-8-4-2-3-5-8/h8,14-15H,2-7H2,1H3,(H3,11,12,13). The number of hydrogen-bond acceptors (Lipinski definition) is 3. The maximum absolute atomic E-state index is 9.49. The van der Waals surface area contributed by atoms with Gasteiger partial charge in [-0.2, -0.15) is 0 Å². The normalized spacial score (nSPS) is 22.7. The highest BCUT2D eigenvalue weighted by Crippen LogP contribution is 2.17. The molecule has 5 heteroatoms. The Hall–Kier alpha value is -0.810. The molecular weight excluding hydrogens is 194 g/mol. The molecule has 1 atom stereocenters. The summed E-state index contributed by atoms with van der Waals surface area (Å²) in [5, 5.41) is 21.4. The highest BCUT2D eigenvalue weighted by molar-refractivity contribution is 5.78. The van der Waals surface area contributed by atoms with E-state index in [-0.39, 0.29) is 13.2 Å². The second-order valence-electron chi connectivity index (χ2n) is 4.48. The van der Waals surface area contributed by atoms with E-state index in [2.05, 4.69) is 10.3 Å². The Morgan fingerprint density at radius 2 is 2.13 bits per heavy atom. The van der Waals surface area contributed by atoms with E-state index < -0.39 is 5.60 Å². The van der Waals surface area contributed by atoms with E-state index >= 15 is 0 Å². The third-order valence-corrected chi connectivity index (χ3v) is 2.64. The minimum atomic E-state index is -1.18. The number of aliphatic hydroxyl groups excluding tert-OH is 1. The predicted molar refractivity (Wildman–Crippen MR) is 59.6 cm³/mol. The zero-order valence-corrected chi connectivity index (χ0v) is 9.24. The molecule has 0 aliphatic heterocycles. The van der Waals surface area contributed by atoms with Crippen molar-refractivity contribution in [2.45, 2.75) is 44.2 Å². The number of nitrogens with two attached hydrogens (primary N) is 1. The molecule has 1 unspecified atom stereocenters. The van der Waals surface area contributed by atoms with E-state index in [0.717, 1.165) is 12.8 Å². The second-order valence-corrected chi connectivity index (χ2v) is 4.48. The van der Waals surface area contributed by atoms with Gasteiger partial charge in [0.15, 0.2) is 5.96 Å². The summed E-state index contributed by atoms with van der Waals surface area (Å²) in [6, 6.07) is 0.424. The summed E-state index contributed by atoms with van der Waals surface area (Å²) in [4.78, 5) is 4.00. The largest absolute Gasteiger partial charge is 0.393 e. The minimum Gasteiger partial charge on any atom is -0.393 e. The molecular formula is C10H21N3O2. The first-order chi connectivity index (χ1) is 7.03. The first-order valence-corrected chi connectivity index (χ1v) is 5.43. The van der Waals surface area contributed by atoms with E-state index in [1.54, 1.807) is 0 Å². The Balaban J connectivity index is 2.32. The summed E-state index contributed by atoms with van der Waals surface area (Å²) < 4.78 is 0. The molecule has 0 aromatic rings. The van der Waals surface area contributed by atoms with Crippen LogP contribution in [0, 0.1) is 0 Å². The molecule has 5 N–H and O–H groups in total. The minimum absolute atomic E-state index is 0.120. The molecule has 1 saturated carbocycles. The number of nitrogens with one attached hydrogen (secondary N) is 1. The zero-order chi connectivity index (χ0) is 11.3. The van der Waals surface area contributed by atoms with Crippen LogP contribution in [0.1, 0.15) is 32.6 Å². The Labute approximate surface area is 90.4 Å². The number of aliphatic hydroxyl groups is 2. The van der Waals surface area contributed by atoms with Crippen LogP contribution < -0.4 is 11.1 Å². The lowest BCUT2D eigenvalue weighted by atomic mass is 10.1. The van der Waals surface area contributed by atoms with E-state index in [9.17, 15) is 5.11 Å². The molecule has 1 fully saturated rings. The highest BCUT2D eigenvalue weighted by atomic mass is 16.3. The van der Waals surface area contributed by atoms with Gasteiger partial charge in [-0.25, -0.2) is 0 Å². The van der Waals surface area contributed by atoms with Crippen LogP contribution in [0.15, 0.2) is 4.99 Å². The summed E-state index contributed by atoms with van der Waals surface area (Å²) in [5.74, 6) is 0.357. The van der Waals surface area contributed by atoms with Gasteiger partial charge < -0.3 is 21.3 Å². The third-order valence-electron chi connectivity index (χ3n) is 2.64. The summed E-state index contributed by atoms with van der Waals surface area (Å²) in [7, 11) is 0. The average molecular weight is 215 g/mol. The van der Waals surface area contributed by atoms with Crippen molar-refractivity contribution in [1.29, 1.82) is 0 Å². The number of hydrogen-bond donors (Lipinski definition) is 4. The van der Waals surface area contributed by atoms with Crippen LogP contribution in [0.5, 0.6) is 0 Å². The third kappa shape index (κ3) is 4.48. The van der Waals surface area contributed by atoms with E-state index in [0.29, 0.717) is 12.0 Å². The van der Waals surface area contributed by atoms with Gasteiger partial charge in [0.1, 0.15) is 5.60 Å². The molecule has 1 rings (SSSR count). The van der Waals surface area contributed by atoms with Gasteiger partial charge in [-0.1, -0.05) is 12.8 Å². The second kappa shape index (κ2) is 5.32. The molecule has 15 heavy (non-hydrogen) atoms. The molecule has 1 aliphatic carbocycles. The molecule has 1 aliphatic rings. The summed E-state index contributed by atoms with van der Waals surface area (Å²) >= 11 is 0. The van der Waals surface area contributed by atoms with Gasteiger partial charge in [0, 0.05) is 6.04 Å². The monoisotopic (exact) mass is 215 g/mol. The maximum atomic E-state index is 9.49.